The molecular formula is C14H22N2S. The molecule has 1 atom stereocenters. The molecule has 1 aromatic rings. The minimum Gasteiger partial charge on any atom is -0.309 e. The quantitative estimate of drug-likeness (QED) is 0.879. The first-order chi connectivity index (χ1) is 8.38. The maximum atomic E-state index is 4.96. The summed E-state index contributed by atoms with van der Waals surface area (Å²) >= 11 is 2.01. The maximum Gasteiger partial charge on any atom is 0.0962 e. The van der Waals surface area contributed by atoms with Gasteiger partial charge in [-0.3, -0.25) is 0 Å². The SMILES string of the molecule is CCCNC1CCCc2sc(C3CCC3)nc21. The Labute approximate surface area is 108 Å². The molecule has 1 unspecified atom stereocenters. The van der Waals surface area contributed by atoms with Gasteiger partial charge in [0.2, 0.25) is 0 Å². The second-order valence-corrected chi connectivity index (χ2v) is 6.50. The Bertz CT molecular complexity index is 382. The highest BCUT2D eigenvalue weighted by molar-refractivity contribution is 7.11. The van der Waals surface area contributed by atoms with E-state index in [4.69, 9.17) is 4.98 Å². The summed E-state index contributed by atoms with van der Waals surface area (Å²) in [5.74, 6) is 0.803. The molecule has 3 rings (SSSR count). The second kappa shape index (κ2) is 5.07. The molecule has 1 aromatic heterocycles. The number of rotatable bonds is 4. The van der Waals surface area contributed by atoms with Gasteiger partial charge in [-0.15, -0.1) is 11.3 Å². The third kappa shape index (κ3) is 2.27. The van der Waals surface area contributed by atoms with Gasteiger partial charge < -0.3 is 5.32 Å². The lowest BCUT2D eigenvalue weighted by molar-refractivity contribution is 0.413. The lowest BCUT2D eigenvalue weighted by atomic mass is 9.86. The van der Waals surface area contributed by atoms with Crippen LogP contribution < -0.4 is 5.32 Å². The molecule has 0 radical (unpaired) electrons. The van der Waals surface area contributed by atoms with Crippen molar-refractivity contribution in [3.05, 3.63) is 15.6 Å². The minimum atomic E-state index is 0.545. The fourth-order valence-corrected chi connectivity index (χ4v) is 4.12. The zero-order valence-corrected chi connectivity index (χ0v) is 11.5. The monoisotopic (exact) mass is 250 g/mol. The highest BCUT2D eigenvalue weighted by Crippen LogP contribution is 2.42. The average Bonchev–Trinajstić information content (AvgIpc) is 2.67. The van der Waals surface area contributed by atoms with Gasteiger partial charge in [0.25, 0.3) is 0 Å². The summed E-state index contributed by atoms with van der Waals surface area (Å²) in [4.78, 5) is 6.54. The van der Waals surface area contributed by atoms with Gasteiger partial charge in [-0.2, -0.15) is 0 Å². The number of nitrogens with zero attached hydrogens (tertiary/aromatic N) is 1. The van der Waals surface area contributed by atoms with Crippen LogP contribution in [-0.2, 0) is 6.42 Å². The Balaban J connectivity index is 1.78. The molecule has 0 aromatic carbocycles. The Hall–Kier alpha value is -0.410. The van der Waals surface area contributed by atoms with Crippen LogP contribution >= 0.6 is 11.3 Å². The molecule has 3 heteroatoms. The van der Waals surface area contributed by atoms with Crippen LogP contribution in [0.3, 0.4) is 0 Å². The zero-order chi connectivity index (χ0) is 11.7. The van der Waals surface area contributed by atoms with Crippen LogP contribution in [-0.4, -0.2) is 11.5 Å². The number of aryl methyl sites for hydroxylation is 1. The van der Waals surface area contributed by atoms with Gasteiger partial charge in [0.15, 0.2) is 0 Å². The van der Waals surface area contributed by atoms with Gasteiger partial charge in [0.1, 0.15) is 0 Å². The van der Waals surface area contributed by atoms with Gasteiger partial charge in [-0.1, -0.05) is 13.3 Å². The van der Waals surface area contributed by atoms with Crippen molar-refractivity contribution in [2.45, 2.75) is 63.8 Å². The summed E-state index contributed by atoms with van der Waals surface area (Å²) in [5, 5.41) is 5.10. The van der Waals surface area contributed by atoms with Crippen molar-refractivity contribution >= 4 is 11.3 Å². The molecule has 1 saturated carbocycles. The topological polar surface area (TPSA) is 24.9 Å². The number of nitrogens with one attached hydrogen (secondary N) is 1. The second-order valence-electron chi connectivity index (χ2n) is 5.39. The van der Waals surface area contributed by atoms with Crippen LogP contribution in [0.1, 0.15) is 73.0 Å². The highest BCUT2D eigenvalue weighted by atomic mass is 32.1. The lowest BCUT2D eigenvalue weighted by Crippen LogP contribution is -2.25. The molecule has 2 aliphatic rings. The molecule has 2 aliphatic carbocycles. The molecule has 0 saturated heterocycles. The van der Waals surface area contributed by atoms with Gasteiger partial charge >= 0.3 is 0 Å². The third-order valence-electron chi connectivity index (χ3n) is 4.07. The van der Waals surface area contributed by atoms with E-state index in [0.717, 1.165) is 12.5 Å². The molecule has 17 heavy (non-hydrogen) atoms. The largest absolute Gasteiger partial charge is 0.309 e. The smallest absolute Gasteiger partial charge is 0.0962 e. The summed E-state index contributed by atoms with van der Waals surface area (Å²) in [6.45, 7) is 3.36. The number of hydrogen-bond donors (Lipinski definition) is 1. The average molecular weight is 250 g/mol. The van der Waals surface area contributed by atoms with Crippen molar-refractivity contribution < 1.29 is 0 Å². The molecule has 1 fully saturated rings. The molecule has 0 spiro atoms. The van der Waals surface area contributed by atoms with E-state index in [1.807, 2.05) is 11.3 Å². The Morgan fingerprint density at radius 3 is 2.88 bits per heavy atom. The molecule has 1 N–H and O–H groups in total. The number of hydrogen-bond acceptors (Lipinski definition) is 3. The summed E-state index contributed by atoms with van der Waals surface area (Å²) in [6, 6.07) is 0.545. The standard InChI is InChI=1S/C14H22N2S/c1-2-9-15-11-7-4-8-12-13(11)16-14(17-12)10-5-3-6-10/h10-11,15H,2-9H2,1H3. The van der Waals surface area contributed by atoms with E-state index >= 15 is 0 Å². The third-order valence-corrected chi connectivity index (χ3v) is 5.36. The van der Waals surface area contributed by atoms with E-state index in [1.54, 1.807) is 4.88 Å². The normalized spacial score (nSPS) is 24.4. The van der Waals surface area contributed by atoms with Crippen LogP contribution in [0.5, 0.6) is 0 Å². The minimum absolute atomic E-state index is 0.545. The van der Waals surface area contributed by atoms with Crippen molar-refractivity contribution in [3.8, 4) is 0 Å². The van der Waals surface area contributed by atoms with Gasteiger partial charge in [-0.25, -0.2) is 4.98 Å². The van der Waals surface area contributed by atoms with Crippen LogP contribution in [0.2, 0.25) is 0 Å². The molecule has 94 valence electrons. The molecule has 0 aliphatic heterocycles. The first-order valence-electron chi connectivity index (χ1n) is 7.11. The molecular weight excluding hydrogens is 228 g/mol. The van der Waals surface area contributed by atoms with Crippen molar-refractivity contribution in [2.24, 2.45) is 0 Å². The van der Waals surface area contributed by atoms with E-state index < -0.39 is 0 Å². The number of thiazole rings is 1. The van der Waals surface area contributed by atoms with E-state index in [9.17, 15) is 0 Å². The Morgan fingerprint density at radius 1 is 1.29 bits per heavy atom. The molecule has 1 heterocycles. The number of aromatic nitrogens is 1. The van der Waals surface area contributed by atoms with E-state index in [-0.39, 0.29) is 0 Å². The zero-order valence-electron chi connectivity index (χ0n) is 10.7. The van der Waals surface area contributed by atoms with Crippen molar-refractivity contribution in [1.29, 1.82) is 0 Å². The van der Waals surface area contributed by atoms with Crippen molar-refractivity contribution in [2.75, 3.05) is 6.54 Å². The first kappa shape index (κ1) is 11.7. The van der Waals surface area contributed by atoms with Crippen LogP contribution in [0.15, 0.2) is 0 Å². The van der Waals surface area contributed by atoms with E-state index in [0.29, 0.717) is 6.04 Å². The Morgan fingerprint density at radius 2 is 2.18 bits per heavy atom. The van der Waals surface area contributed by atoms with Crippen LogP contribution in [0, 0.1) is 0 Å². The molecule has 2 nitrogen and oxygen atoms in total. The predicted molar refractivity (Wildman–Crippen MR) is 72.7 cm³/mol. The highest BCUT2D eigenvalue weighted by Gasteiger charge is 2.28. The molecule has 0 bridgehead atoms. The Kier molecular flexibility index (Phi) is 3.48. The number of fused-ring (bicyclic) bond motifs is 1. The van der Waals surface area contributed by atoms with Crippen molar-refractivity contribution in [3.63, 3.8) is 0 Å². The van der Waals surface area contributed by atoms with Crippen molar-refractivity contribution in [1.82, 2.24) is 10.3 Å². The fourth-order valence-electron chi connectivity index (χ4n) is 2.78. The molecule has 0 amide bonds. The van der Waals surface area contributed by atoms with Crippen LogP contribution in [0.4, 0.5) is 0 Å². The van der Waals surface area contributed by atoms with Gasteiger partial charge in [0.05, 0.1) is 16.7 Å². The van der Waals surface area contributed by atoms with Gasteiger partial charge in [0, 0.05) is 10.8 Å². The summed E-state index contributed by atoms with van der Waals surface area (Å²) < 4.78 is 0. The summed E-state index contributed by atoms with van der Waals surface area (Å²) in [7, 11) is 0. The van der Waals surface area contributed by atoms with Gasteiger partial charge in [-0.05, 0) is 45.1 Å². The summed E-state index contributed by atoms with van der Waals surface area (Å²) in [6.07, 6.45) is 9.25. The van der Waals surface area contributed by atoms with Crippen LogP contribution in [0.25, 0.3) is 0 Å². The first-order valence-corrected chi connectivity index (χ1v) is 7.93. The van der Waals surface area contributed by atoms with E-state index in [1.165, 1.54) is 55.6 Å². The van der Waals surface area contributed by atoms with E-state index in [2.05, 4.69) is 12.2 Å². The maximum absolute atomic E-state index is 4.96. The lowest BCUT2D eigenvalue weighted by Gasteiger charge is -2.23. The predicted octanol–water partition coefficient (Wildman–Crippen LogP) is 3.79. The summed E-state index contributed by atoms with van der Waals surface area (Å²) in [5.41, 5.74) is 1.40. The fraction of sp³-hybridized carbons (Fsp3) is 0.786.